The van der Waals surface area contributed by atoms with Crippen LogP contribution in [-0.2, 0) is 6.54 Å². The number of nitrogens with one attached hydrogen (secondary N) is 1. The van der Waals surface area contributed by atoms with E-state index < -0.39 is 0 Å². The van der Waals surface area contributed by atoms with Gasteiger partial charge in [0.1, 0.15) is 0 Å². The zero-order valence-corrected chi connectivity index (χ0v) is 14.7. The number of carbonyl (C=O) groups excluding carboxylic acids is 1. The average Bonchev–Trinajstić information content (AvgIpc) is 3.20. The first-order valence-electron chi connectivity index (χ1n) is 8.83. The molecule has 1 aromatic carbocycles. The number of piperidine rings is 1. The Morgan fingerprint density at radius 3 is 2.76 bits per heavy atom. The highest BCUT2D eigenvalue weighted by Crippen LogP contribution is 2.22. The molecule has 4 rings (SSSR count). The Bertz CT molecular complexity index is 902. The predicted octanol–water partition coefficient (Wildman–Crippen LogP) is 2.93. The molecule has 0 atom stereocenters. The lowest BCUT2D eigenvalue weighted by atomic mass is 9.96. The van der Waals surface area contributed by atoms with E-state index in [2.05, 4.69) is 32.7 Å². The van der Waals surface area contributed by atoms with E-state index in [9.17, 15) is 4.79 Å². The van der Waals surface area contributed by atoms with Crippen LogP contribution in [0.15, 0.2) is 30.6 Å². The van der Waals surface area contributed by atoms with Crippen LogP contribution in [0, 0.1) is 19.8 Å². The van der Waals surface area contributed by atoms with Gasteiger partial charge in [-0.2, -0.15) is 5.10 Å². The van der Waals surface area contributed by atoms with Gasteiger partial charge in [-0.3, -0.25) is 9.48 Å². The third-order valence-electron chi connectivity index (χ3n) is 5.10. The van der Waals surface area contributed by atoms with Gasteiger partial charge in [-0.05, 0) is 56.9 Å². The van der Waals surface area contributed by atoms with Gasteiger partial charge in [0.25, 0.3) is 5.91 Å². The number of aryl methyl sites for hydroxylation is 2. The van der Waals surface area contributed by atoms with Crippen molar-refractivity contribution in [3.8, 4) is 0 Å². The average molecular weight is 337 g/mol. The summed E-state index contributed by atoms with van der Waals surface area (Å²) in [5.74, 6) is 0.693. The number of hydrogen-bond donors (Lipinski definition) is 1. The second-order valence-electron chi connectivity index (χ2n) is 6.98. The normalized spacial score (nSPS) is 15.8. The summed E-state index contributed by atoms with van der Waals surface area (Å²) in [7, 11) is 0. The largest absolute Gasteiger partial charge is 0.345 e. The number of carbonyl (C=O) groups is 1. The van der Waals surface area contributed by atoms with E-state index in [1.165, 1.54) is 5.69 Å². The molecule has 0 bridgehead atoms. The minimum absolute atomic E-state index is 0.112. The van der Waals surface area contributed by atoms with Crippen LogP contribution >= 0.6 is 0 Å². The van der Waals surface area contributed by atoms with Crippen molar-refractivity contribution in [3.05, 3.63) is 47.5 Å². The number of benzene rings is 1. The van der Waals surface area contributed by atoms with Crippen molar-refractivity contribution in [1.82, 2.24) is 24.6 Å². The maximum absolute atomic E-state index is 12.8. The quantitative estimate of drug-likeness (QED) is 0.799. The van der Waals surface area contributed by atoms with Crippen LogP contribution in [0.4, 0.5) is 0 Å². The monoisotopic (exact) mass is 337 g/mol. The number of likely N-dealkylation sites (tertiary alicyclic amines) is 1. The summed E-state index contributed by atoms with van der Waals surface area (Å²) in [6, 6.07) is 7.78. The maximum atomic E-state index is 12.8. The van der Waals surface area contributed by atoms with Gasteiger partial charge >= 0.3 is 0 Å². The standard InChI is InChI=1S/C19H23N5O/c1-13-9-14(2)24(22-13)11-15-5-7-23(8-6-15)19(25)16-3-4-17-18(10-16)21-12-20-17/h3-4,9-10,12,15H,5-8,11H2,1-2H3,(H,20,21). The molecule has 1 fully saturated rings. The lowest BCUT2D eigenvalue weighted by molar-refractivity contribution is 0.0681. The summed E-state index contributed by atoms with van der Waals surface area (Å²) in [6.45, 7) is 6.70. The first kappa shape index (κ1) is 15.9. The summed E-state index contributed by atoms with van der Waals surface area (Å²) in [5, 5.41) is 4.56. The number of hydrogen-bond acceptors (Lipinski definition) is 3. The molecule has 0 saturated carbocycles. The zero-order chi connectivity index (χ0) is 17.4. The Balaban J connectivity index is 1.39. The molecule has 0 spiro atoms. The van der Waals surface area contributed by atoms with Crippen LogP contribution in [-0.4, -0.2) is 43.6 Å². The highest BCUT2D eigenvalue weighted by atomic mass is 16.2. The molecular formula is C19H23N5O. The van der Waals surface area contributed by atoms with Gasteiger partial charge in [-0.15, -0.1) is 0 Å². The Morgan fingerprint density at radius 2 is 2.04 bits per heavy atom. The molecule has 3 aromatic rings. The maximum Gasteiger partial charge on any atom is 0.253 e. The first-order valence-corrected chi connectivity index (χ1v) is 8.83. The summed E-state index contributed by atoms with van der Waals surface area (Å²) in [6.07, 6.45) is 3.70. The van der Waals surface area contributed by atoms with Gasteiger partial charge < -0.3 is 9.88 Å². The van der Waals surface area contributed by atoms with Crippen molar-refractivity contribution >= 4 is 16.9 Å². The topological polar surface area (TPSA) is 66.8 Å². The highest BCUT2D eigenvalue weighted by molar-refractivity contribution is 5.97. The van der Waals surface area contributed by atoms with Gasteiger partial charge in [0.05, 0.1) is 23.1 Å². The molecule has 1 N–H and O–H groups in total. The minimum Gasteiger partial charge on any atom is -0.345 e. The number of H-pyrrole nitrogens is 1. The predicted molar refractivity (Wildman–Crippen MR) is 96.4 cm³/mol. The summed E-state index contributed by atoms with van der Waals surface area (Å²) in [4.78, 5) is 22.0. The van der Waals surface area contributed by atoms with Crippen LogP contribution in [0.2, 0.25) is 0 Å². The minimum atomic E-state index is 0.112. The van der Waals surface area contributed by atoms with Crippen LogP contribution in [0.1, 0.15) is 34.6 Å². The molecule has 0 unspecified atom stereocenters. The Morgan fingerprint density at radius 1 is 1.24 bits per heavy atom. The zero-order valence-electron chi connectivity index (χ0n) is 14.7. The van der Waals surface area contributed by atoms with Gasteiger partial charge in [-0.1, -0.05) is 0 Å². The van der Waals surface area contributed by atoms with Gasteiger partial charge in [0.2, 0.25) is 0 Å². The third-order valence-corrected chi connectivity index (χ3v) is 5.10. The number of amides is 1. The second kappa shape index (κ2) is 6.35. The Kier molecular flexibility index (Phi) is 4.03. The van der Waals surface area contributed by atoms with Gasteiger partial charge in [0.15, 0.2) is 0 Å². The number of nitrogens with zero attached hydrogens (tertiary/aromatic N) is 4. The van der Waals surface area contributed by atoms with Gasteiger partial charge in [-0.25, -0.2) is 4.98 Å². The van der Waals surface area contributed by atoms with E-state index in [-0.39, 0.29) is 5.91 Å². The van der Waals surface area contributed by atoms with Crippen LogP contribution < -0.4 is 0 Å². The van der Waals surface area contributed by atoms with E-state index in [0.717, 1.165) is 54.8 Å². The molecule has 6 nitrogen and oxygen atoms in total. The molecular weight excluding hydrogens is 314 g/mol. The van der Waals surface area contributed by atoms with Crippen molar-refractivity contribution in [2.45, 2.75) is 33.2 Å². The summed E-state index contributed by atoms with van der Waals surface area (Å²) >= 11 is 0. The lowest BCUT2D eigenvalue weighted by Gasteiger charge is -2.32. The fourth-order valence-electron chi connectivity index (χ4n) is 3.67. The van der Waals surface area contributed by atoms with Crippen molar-refractivity contribution in [2.24, 2.45) is 5.92 Å². The molecule has 1 aliphatic heterocycles. The van der Waals surface area contributed by atoms with Gasteiger partial charge in [0, 0.05) is 30.9 Å². The van der Waals surface area contributed by atoms with Crippen molar-refractivity contribution in [2.75, 3.05) is 13.1 Å². The summed E-state index contributed by atoms with van der Waals surface area (Å²) < 4.78 is 2.10. The van der Waals surface area contributed by atoms with Crippen molar-refractivity contribution in [3.63, 3.8) is 0 Å². The smallest absolute Gasteiger partial charge is 0.253 e. The lowest BCUT2D eigenvalue weighted by Crippen LogP contribution is -2.39. The van der Waals surface area contributed by atoms with Crippen molar-refractivity contribution < 1.29 is 4.79 Å². The molecule has 3 heterocycles. The number of fused-ring (bicyclic) bond motifs is 1. The first-order chi connectivity index (χ1) is 12.1. The van der Waals surface area contributed by atoms with E-state index >= 15 is 0 Å². The van der Waals surface area contributed by atoms with Crippen LogP contribution in [0.5, 0.6) is 0 Å². The van der Waals surface area contributed by atoms with E-state index in [1.807, 2.05) is 30.0 Å². The molecule has 1 amide bonds. The molecule has 0 aliphatic carbocycles. The number of rotatable bonds is 3. The molecule has 0 radical (unpaired) electrons. The fourth-order valence-corrected chi connectivity index (χ4v) is 3.67. The second-order valence-corrected chi connectivity index (χ2v) is 6.98. The number of aromatic amines is 1. The Labute approximate surface area is 146 Å². The molecule has 1 saturated heterocycles. The van der Waals surface area contributed by atoms with E-state index in [1.54, 1.807) is 6.33 Å². The number of imidazole rings is 1. The van der Waals surface area contributed by atoms with Crippen LogP contribution in [0.25, 0.3) is 11.0 Å². The highest BCUT2D eigenvalue weighted by Gasteiger charge is 2.24. The fraction of sp³-hybridized carbons (Fsp3) is 0.421. The molecule has 130 valence electrons. The van der Waals surface area contributed by atoms with E-state index in [4.69, 9.17) is 0 Å². The van der Waals surface area contributed by atoms with Crippen molar-refractivity contribution in [1.29, 1.82) is 0 Å². The third kappa shape index (κ3) is 3.16. The summed E-state index contributed by atoms with van der Waals surface area (Å²) in [5.41, 5.74) is 4.81. The molecule has 2 aromatic heterocycles. The molecule has 1 aliphatic rings. The number of aromatic nitrogens is 4. The molecule has 25 heavy (non-hydrogen) atoms. The van der Waals surface area contributed by atoms with E-state index in [0.29, 0.717) is 5.92 Å². The Hall–Kier alpha value is -2.63. The SMILES string of the molecule is Cc1cc(C)n(CC2CCN(C(=O)c3ccc4nc[nH]c4c3)CC2)n1. The molecule has 6 heteroatoms. The van der Waals surface area contributed by atoms with Crippen LogP contribution in [0.3, 0.4) is 0 Å².